The van der Waals surface area contributed by atoms with Crippen LogP contribution in [0.2, 0.25) is 0 Å². The van der Waals surface area contributed by atoms with Gasteiger partial charge in [-0.3, -0.25) is 0 Å². The largest absolute Gasteiger partial charge is 0.434 e. The molecule has 3 aromatic rings. The van der Waals surface area contributed by atoms with E-state index in [1.54, 1.807) is 13.0 Å². The maximum atomic E-state index is 14.7. The minimum atomic E-state index is -2.82. The standard InChI is InChI=1S/C22H22F4N6OS2/c1-11-29-20(33-16-5-4-14(17(23)18(16)24)32-35-13-2-3-13)19(34-11)15-6-7-28-21(31-15)30-12-8-22(25,26)10-27-9-12/h4-7,12-13,27,32H,2-3,8-10H2,1H3,(H,28,30,31). The lowest BCUT2D eigenvalue weighted by Gasteiger charge is -2.30. The summed E-state index contributed by atoms with van der Waals surface area (Å²) >= 11 is 2.63. The van der Waals surface area contributed by atoms with E-state index in [0.29, 0.717) is 27.4 Å². The Kier molecular flexibility index (Phi) is 6.73. The lowest BCUT2D eigenvalue weighted by atomic mass is 10.0. The van der Waals surface area contributed by atoms with Gasteiger partial charge in [0.1, 0.15) is 4.88 Å². The fraction of sp³-hybridized carbons (Fsp3) is 0.409. The van der Waals surface area contributed by atoms with Crippen molar-refractivity contribution in [2.24, 2.45) is 0 Å². The molecule has 13 heteroatoms. The maximum Gasteiger partial charge on any atom is 0.262 e. The number of anilines is 2. The van der Waals surface area contributed by atoms with Gasteiger partial charge in [-0.05, 0) is 49.9 Å². The Hall–Kier alpha value is -2.64. The van der Waals surface area contributed by atoms with Crippen molar-refractivity contribution in [3.63, 3.8) is 0 Å². The van der Waals surface area contributed by atoms with Gasteiger partial charge in [-0.15, -0.1) is 11.3 Å². The van der Waals surface area contributed by atoms with Crippen molar-refractivity contribution >= 4 is 34.9 Å². The zero-order chi connectivity index (χ0) is 24.6. The van der Waals surface area contributed by atoms with Crippen molar-refractivity contribution in [1.29, 1.82) is 0 Å². The number of hydrogen-bond acceptors (Lipinski definition) is 9. The van der Waals surface area contributed by atoms with Gasteiger partial charge in [-0.2, -0.15) is 4.39 Å². The maximum absolute atomic E-state index is 14.7. The van der Waals surface area contributed by atoms with E-state index in [1.165, 1.54) is 41.6 Å². The Morgan fingerprint density at radius 2 is 2.00 bits per heavy atom. The summed E-state index contributed by atoms with van der Waals surface area (Å²) in [5.74, 6) is -5.04. The normalized spacial score (nSPS) is 19.4. The van der Waals surface area contributed by atoms with E-state index in [4.69, 9.17) is 4.74 Å². The van der Waals surface area contributed by atoms with Crippen LogP contribution in [0.5, 0.6) is 11.6 Å². The molecule has 5 rings (SSSR count). The topological polar surface area (TPSA) is 84.0 Å². The number of aryl methyl sites for hydroxylation is 1. The molecule has 0 radical (unpaired) electrons. The number of nitrogens with one attached hydrogen (secondary N) is 3. The predicted molar refractivity (Wildman–Crippen MR) is 128 cm³/mol. The van der Waals surface area contributed by atoms with E-state index >= 15 is 0 Å². The second-order valence-electron chi connectivity index (χ2n) is 8.43. The number of nitrogens with zero attached hydrogens (tertiary/aromatic N) is 3. The fourth-order valence-corrected chi connectivity index (χ4v) is 5.18. The van der Waals surface area contributed by atoms with E-state index in [9.17, 15) is 17.6 Å². The van der Waals surface area contributed by atoms with E-state index < -0.39 is 23.6 Å². The molecule has 0 amide bonds. The molecule has 1 aliphatic carbocycles. The molecule has 3 heterocycles. The molecule has 1 aliphatic heterocycles. The highest BCUT2D eigenvalue weighted by molar-refractivity contribution is 8.01. The third-order valence-corrected chi connectivity index (χ3v) is 7.47. The van der Waals surface area contributed by atoms with Crippen LogP contribution in [0.3, 0.4) is 0 Å². The number of thiazole rings is 1. The Balaban J connectivity index is 1.35. The van der Waals surface area contributed by atoms with Crippen LogP contribution in [-0.4, -0.2) is 45.3 Å². The smallest absolute Gasteiger partial charge is 0.262 e. The van der Waals surface area contributed by atoms with E-state index in [1.807, 2.05) is 0 Å². The van der Waals surface area contributed by atoms with Crippen LogP contribution in [0.1, 0.15) is 24.3 Å². The molecule has 186 valence electrons. The second-order valence-corrected chi connectivity index (χ2v) is 10.7. The van der Waals surface area contributed by atoms with Crippen molar-refractivity contribution in [1.82, 2.24) is 20.3 Å². The van der Waals surface area contributed by atoms with Crippen molar-refractivity contribution in [3.05, 3.63) is 41.0 Å². The van der Waals surface area contributed by atoms with Gasteiger partial charge < -0.3 is 20.1 Å². The Morgan fingerprint density at radius 3 is 2.77 bits per heavy atom. The number of halogens is 4. The summed E-state index contributed by atoms with van der Waals surface area (Å²) in [4.78, 5) is 13.3. The van der Waals surface area contributed by atoms with Crippen LogP contribution in [-0.2, 0) is 0 Å². The average molecular weight is 527 g/mol. The molecule has 1 atom stereocenters. The van der Waals surface area contributed by atoms with Crippen LogP contribution in [0, 0.1) is 18.6 Å². The Morgan fingerprint density at radius 1 is 1.17 bits per heavy atom. The van der Waals surface area contributed by atoms with E-state index in [0.717, 1.165) is 12.8 Å². The molecule has 1 aromatic carbocycles. The Labute approximate surface area is 207 Å². The molecule has 2 fully saturated rings. The number of alkyl halides is 2. The van der Waals surface area contributed by atoms with Crippen LogP contribution < -0.4 is 20.1 Å². The molecular weight excluding hydrogens is 504 g/mol. The van der Waals surface area contributed by atoms with Crippen LogP contribution in [0.15, 0.2) is 24.4 Å². The van der Waals surface area contributed by atoms with Crippen molar-refractivity contribution in [2.45, 2.75) is 43.4 Å². The molecule has 0 bridgehead atoms. The van der Waals surface area contributed by atoms with Gasteiger partial charge in [-0.1, -0.05) is 0 Å². The fourth-order valence-electron chi connectivity index (χ4n) is 3.54. The molecule has 1 saturated carbocycles. The van der Waals surface area contributed by atoms with Crippen LogP contribution in [0.25, 0.3) is 10.6 Å². The number of ether oxygens (including phenoxy) is 1. The third kappa shape index (κ3) is 5.78. The Bertz CT molecular complexity index is 1220. The van der Waals surface area contributed by atoms with Gasteiger partial charge in [0, 0.05) is 30.5 Å². The molecule has 35 heavy (non-hydrogen) atoms. The minimum absolute atomic E-state index is 0.0516. The van der Waals surface area contributed by atoms with E-state index in [-0.39, 0.29) is 36.2 Å². The quantitative estimate of drug-likeness (QED) is 0.258. The van der Waals surface area contributed by atoms with Gasteiger partial charge in [0.15, 0.2) is 11.6 Å². The van der Waals surface area contributed by atoms with Crippen molar-refractivity contribution < 1.29 is 22.3 Å². The first-order valence-electron chi connectivity index (χ1n) is 11.0. The molecule has 2 aromatic heterocycles. The summed E-state index contributed by atoms with van der Waals surface area (Å²) in [6, 6.07) is 3.83. The summed E-state index contributed by atoms with van der Waals surface area (Å²) in [5, 5.41) is 6.67. The molecule has 3 N–H and O–H groups in total. The highest BCUT2D eigenvalue weighted by Gasteiger charge is 2.36. The average Bonchev–Trinajstić information content (AvgIpc) is 3.56. The van der Waals surface area contributed by atoms with Gasteiger partial charge in [-0.25, -0.2) is 28.1 Å². The first-order chi connectivity index (χ1) is 16.8. The lowest BCUT2D eigenvalue weighted by molar-refractivity contribution is -0.0244. The van der Waals surface area contributed by atoms with Crippen LogP contribution >= 0.6 is 23.3 Å². The van der Waals surface area contributed by atoms with E-state index in [2.05, 4.69) is 30.3 Å². The second kappa shape index (κ2) is 9.78. The van der Waals surface area contributed by atoms with Crippen molar-refractivity contribution in [3.8, 4) is 22.2 Å². The monoisotopic (exact) mass is 526 g/mol. The molecule has 0 spiro atoms. The molecule has 2 aliphatic rings. The molecular formula is C22H22F4N6OS2. The highest BCUT2D eigenvalue weighted by Crippen LogP contribution is 2.40. The number of rotatable bonds is 8. The van der Waals surface area contributed by atoms with Gasteiger partial charge in [0.25, 0.3) is 5.92 Å². The van der Waals surface area contributed by atoms with Gasteiger partial charge in [0.2, 0.25) is 17.6 Å². The zero-order valence-corrected chi connectivity index (χ0v) is 20.2. The van der Waals surface area contributed by atoms with Gasteiger partial charge >= 0.3 is 0 Å². The van der Waals surface area contributed by atoms with Gasteiger partial charge in [0.05, 0.1) is 22.9 Å². The number of aromatic nitrogens is 3. The number of benzene rings is 1. The predicted octanol–water partition coefficient (Wildman–Crippen LogP) is 5.61. The summed E-state index contributed by atoms with van der Waals surface area (Å²) < 4.78 is 65.2. The lowest BCUT2D eigenvalue weighted by Crippen LogP contribution is -2.49. The SMILES string of the molecule is Cc1nc(Oc2ccc(NSC3CC3)c(F)c2F)c(-c2ccnc(NC3CNCC(F)(F)C3)n2)s1. The summed E-state index contributed by atoms with van der Waals surface area (Å²) in [6.07, 6.45) is 3.26. The summed E-state index contributed by atoms with van der Waals surface area (Å²) in [7, 11) is 0. The summed E-state index contributed by atoms with van der Waals surface area (Å²) in [5.41, 5.74) is 0.467. The highest BCUT2D eigenvalue weighted by atomic mass is 32.2. The first-order valence-corrected chi connectivity index (χ1v) is 12.7. The molecule has 1 unspecified atom stereocenters. The van der Waals surface area contributed by atoms with Crippen LogP contribution in [0.4, 0.5) is 29.2 Å². The first kappa shape index (κ1) is 24.1. The number of piperidine rings is 1. The summed E-state index contributed by atoms with van der Waals surface area (Å²) in [6.45, 7) is 1.74. The molecule has 7 nitrogen and oxygen atoms in total. The molecule has 1 saturated heterocycles. The third-order valence-electron chi connectivity index (χ3n) is 5.36. The minimum Gasteiger partial charge on any atom is -0.434 e. The van der Waals surface area contributed by atoms with Crippen molar-refractivity contribution in [2.75, 3.05) is 23.1 Å². The number of hydrogen-bond donors (Lipinski definition) is 3. The zero-order valence-electron chi connectivity index (χ0n) is 18.6.